The molecule has 92 heavy (non-hydrogen) atoms. The fourth-order valence-corrected chi connectivity index (χ4v) is 11.1. The smallest absolute Gasteiger partial charge is 0.220 e. The van der Waals surface area contributed by atoms with Crippen LogP contribution in [0.15, 0.2) is 109 Å². The number of hydrogen-bond acceptors (Lipinski definition) is 18. The van der Waals surface area contributed by atoms with Crippen molar-refractivity contribution < 1.29 is 89.4 Å². The summed E-state index contributed by atoms with van der Waals surface area (Å²) in [5, 5.41) is 120. The monoisotopic (exact) mass is 1300 g/mol. The van der Waals surface area contributed by atoms with Gasteiger partial charge in [0.05, 0.1) is 38.6 Å². The third kappa shape index (κ3) is 34.9. The Morgan fingerprint density at radius 1 is 0.402 bits per heavy atom. The molecule has 19 nitrogen and oxygen atoms in total. The maximum absolute atomic E-state index is 13.4. The topological polar surface area (TPSA) is 307 Å². The number of carbonyl (C=O) groups excluding carboxylic acids is 1. The van der Waals surface area contributed by atoms with Gasteiger partial charge in [-0.05, 0) is 96.3 Å². The Labute approximate surface area is 551 Å². The molecule has 1 amide bonds. The summed E-state index contributed by atoms with van der Waals surface area (Å²) in [4.78, 5) is 13.4. The van der Waals surface area contributed by atoms with Crippen LogP contribution in [0.4, 0.5) is 0 Å². The number of aliphatic hydroxyl groups excluding tert-OH is 11. The van der Waals surface area contributed by atoms with Gasteiger partial charge in [-0.3, -0.25) is 4.79 Å². The summed E-state index contributed by atoms with van der Waals surface area (Å²) in [5.74, 6) is -0.295. The zero-order valence-corrected chi connectivity index (χ0v) is 55.7. The lowest BCUT2D eigenvalue weighted by molar-refractivity contribution is -0.379. The highest BCUT2D eigenvalue weighted by Gasteiger charge is 2.53. The Hall–Kier alpha value is -3.55. The number of amides is 1. The lowest BCUT2D eigenvalue weighted by atomic mass is 9.96. The minimum atomic E-state index is -1.99. The molecule has 0 spiro atoms. The Morgan fingerprint density at radius 3 is 1.22 bits per heavy atom. The van der Waals surface area contributed by atoms with Gasteiger partial charge in [-0.2, -0.15) is 0 Å². The first kappa shape index (κ1) is 82.7. The van der Waals surface area contributed by atoms with Crippen molar-refractivity contribution in [1.82, 2.24) is 5.32 Å². The van der Waals surface area contributed by atoms with Gasteiger partial charge in [0, 0.05) is 6.42 Å². The minimum Gasteiger partial charge on any atom is -0.394 e. The molecule has 12 N–H and O–H groups in total. The summed E-state index contributed by atoms with van der Waals surface area (Å²) in [5.41, 5.74) is 0. The Morgan fingerprint density at radius 2 is 0.761 bits per heavy atom. The van der Waals surface area contributed by atoms with E-state index in [-0.39, 0.29) is 18.9 Å². The van der Waals surface area contributed by atoms with Crippen molar-refractivity contribution in [2.45, 2.75) is 317 Å². The highest BCUT2D eigenvalue weighted by atomic mass is 16.8. The van der Waals surface area contributed by atoms with E-state index < -0.39 is 124 Å². The number of nitrogens with one attached hydrogen (secondary N) is 1. The number of unbranched alkanes of at least 4 members (excludes halogenated alkanes) is 20. The highest BCUT2D eigenvalue weighted by Crippen LogP contribution is 2.33. The van der Waals surface area contributed by atoms with Gasteiger partial charge in [-0.25, -0.2) is 0 Å². The van der Waals surface area contributed by atoms with Gasteiger partial charge in [0.1, 0.15) is 73.2 Å². The molecule has 0 aromatic carbocycles. The van der Waals surface area contributed by atoms with E-state index in [1.54, 1.807) is 6.08 Å². The SMILES string of the molecule is CC/C=C\C/C=C\C/C=C\C/C=C\C/C=C\C/C=C\CCCCCCCCCCCCCCCCC(=O)NC(COC1OC(CO)C(OC2OC(CO)C(OC3OC(CO)C(O)C(O)C3O)C(O)C2O)C(O)C1O)C(O)/C=C/CC/C=C/CC/C=C/CCCCCC. The van der Waals surface area contributed by atoms with Crippen LogP contribution in [0.3, 0.4) is 0 Å². The van der Waals surface area contributed by atoms with E-state index in [9.17, 15) is 61.0 Å². The summed E-state index contributed by atoms with van der Waals surface area (Å²) >= 11 is 0. The molecule has 0 saturated carbocycles. The van der Waals surface area contributed by atoms with Crippen molar-refractivity contribution in [1.29, 1.82) is 0 Å². The first-order chi connectivity index (χ1) is 44.8. The summed E-state index contributed by atoms with van der Waals surface area (Å²) in [6.45, 7) is 1.55. The zero-order valence-electron chi connectivity index (χ0n) is 55.7. The molecule has 528 valence electrons. The molecule has 3 fully saturated rings. The van der Waals surface area contributed by atoms with Gasteiger partial charge in [-0.15, -0.1) is 0 Å². The van der Waals surface area contributed by atoms with Crippen LogP contribution in [0.5, 0.6) is 0 Å². The molecule has 0 bridgehead atoms. The molecule has 0 aromatic rings. The molecular formula is C73H123NO18. The molecule has 17 unspecified atom stereocenters. The van der Waals surface area contributed by atoms with Crippen molar-refractivity contribution in [2.75, 3.05) is 26.4 Å². The Balaban J connectivity index is 1.38. The molecule has 3 aliphatic rings. The predicted octanol–water partition coefficient (Wildman–Crippen LogP) is 9.44. The van der Waals surface area contributed by atoms with Crippen molar-refractivity contribution in [2.24, 2.45) is 0 Å². The van der Waals surface area contributed by atoms with E-state index in [0.29, 0.717) is 12.8 Å². The van der Waals surface area contributed by atoms with Crippen LogP contribution in [0.2, 0.25) is 0 Å². The summed E-state index contributed by atoms with van der Waals surface area (Å²) in [7, 11) is 0. The first-order valence-corrected chi connectivity index (χ1v) is 35.1. The summed E-state index contributed by atoms with van der Waals surface area (Å²) in [6.07, 6.45) is 45.0. The molecule has 3 heterocycles. The predicted molar refractivity (Wildman–Crippen MR) is 360 cm³/mol. The highest BCUT2D eigenvalue weighted by molar-refractivity contribution is 5.76. The molecule has 0 aliphatic carbocycles. The van der Waals surface area contributed by atoms with Crippen LogP contribution in [0.1, 0.15) is 213 Å². The fourth-order valence-electron chi connectivity index (χ4n) is 11.1. The standard InChI is InChI=1S/C73H123NO18/c1-3-5-7-9-11-13-15-17-19-20-21-22-23-24-25-26-27-28-29-30-31-32-33-34-35-36-37-39-41-43-45-47-49-51-61(79)74-56(57(78)50-48-46-44-42-40-38-18-16-14-12-10-8-6-4-2)55-87-71-67(85)64(82)69(59(53-76)89-71)92-73-68(86)65(83)70(60(54-77)90-73)91-72-66(84)63(81)62(80)58(52-75)88-72/h5,7,11,13-14,16-17,19,21-22,24-25,27-28,40,42,48,50,56-60,62-73,75-78,80-86H,3-4,6,8-10,12,15,18,20,23,26,29-39,41,43-47,49,51-55H2,1-2H3,(H,74,79)/b7-5-,13-11-,16-14+,19-17-,22-21-,25-24-,28-27-,42-40+,50-48+. The quantitative estimate of drug-likeness (QED) is 0.0199. The van der Waals surface area contributed by atoms with Crippen molar-refractivity contribution in [3.63, 3.8) is 0 Å². The molecule has 3 saturated heterocycles. The number of carbonyl (C=O) groups is 1. The normalized spacial score (nSPS) is 28.4. The fraction of sp³-hybridized carbons (Fsp3) is 0.740. The van der Waals surface area contributed by atoms with Gasteiger partial charge in [0.25, 0.3) is 0 Å². The Bertz CT molecular complexity index is 2090. The molecule has 17 atom stereocenters. The summed E-state index contributed by atoms with van der Waals surface area (Å²) < 4.78 is 34.3. The van der Waals surface area contributed by atoms with Gasteiger partial charge in [0.2, 0.25) is 5.91 Å². The summed E-state index contributed by atoms with van der Waals surface area (Å²) in [6, 6.07) is -1.00. The molecular weight excluding hydrogens is 1180 g/mol. The van der Waals surface area contributed by atoms with E-state index in [4.69, 9.17) is 28.4 Å². The van der Waals surface area contributed by atoms with Crippen LogP contribution in [0, 0.1) is 0 Å². The van der Waals surface area contributed by atoms with Crippen LogP contribution < -0.4 is 5.32 Å². The molecule has 19 heteroatoms. The maximum Gasteiger partial charge on any atom is 0.220 e. The Kier molecular flexibility index (Phi) is 48.1. The molecule has 0 radical (unpaired) electrons. The van der Waals surface area contributed by atoms with E-state index in [0.717, 1.165) is 96.3 Å². The van der Waals surface area contributed by atoms with Crippen LogP contribution in [-0.2, 0) is 33.2 Å². The van der Waals surface area contributed by atoms with Gasteiger partial charge in [0.15, 0.2) is 18.9 Å². The lowest BCUT2D eigenvalue weighted by Crippen LogP contribution is -2.66. The molecule has 0 aromatic heterocycles. The van der Waals surface area contributed by atoms with E-state index >= 15 is 0 Å². The second-order valence-electron chi connectivity index (χ2n) is 24.6. The third-order valence-electron chi connectivity index (χ3n) is 16.8. The van der Waals surface area contributed by atoms with Crippen molar-refractivity contribution in [3.8, 4) is 0 Å². The van der Waals surface area contributed by atoms with Crippen LogP contribution >= 0.6 is 0 Å². The van der Waals surface area contributed by atoms with E-state index in [2.05, 4.69) is 116 Å². The van der Waals surface area contributed by atoms with Gasteiger partial charge >= 0.3 is 0 Å². The average Bonchev–Trinajstić information content (AvgIpc) is 0.840. The van der Waals surface area contributed by atoms with Crippen molar-refractivity contribution in [3.05, 3.63) is 109 Å². The number of ether oxygens (including phenoxy) is 6. The lowest BCUT2D eigenvalue weighted by Gasteiger charge is -2.48. The van der Waals surface area contributed by atoms with Crippen molar-refractivity contribution >= 4 is 5.91 Å². The maximum atomic E-state index is 13.4. The second kappa shape index (κ2) is 53.6. The average molecular weight is 1300 g/mol. The first-order valence-electron chi connectivity index (χ1n) is 35.1. The number of allylic oxidation sites excluding steroid dienone is 17. The molecule has 3 rings (SSSR count). The number of aliphatic hydroxyl groups is 11. The molecule has 3 aliphatic heterocycles. The second-order valence-corrected chi connectivity index (χ2v) is 24.6. The largest absolute Gasteiger partial charge is 0.394 e. The minimum absolute atomic E-state index is 0.225. The number of rotatable bonds is 52. The zero-order chi connectivity index (χ0) is 66.8. The number of hydrogen-bond donors (Lipinski definition) is 12. The van der Waals surface area contributed by atoms with E-state index in [1.807, 2.05) is 6.08 Å². The third-order valence-corrected chi connectivity index (χ3v) is 16.8. The van der Waals surface area contributed by atoms with E-state index in [1.165, 1.54) is 83.5 Å². The van der Waals surface area contributed by atoms with Gasteiger partial charge < -0.3 is 89.9 Å². The van der Waals surface area contributed by atoms with Crippen LogP contribution in [0.25, 0.3) is 0 Å². The van der Waals surface area contributed by atoms with Gasteiger partial charge in [-0.1, -0.05) is 220 Å². The van der Waals surface area contributed by atoms with Crippen LogP contribution in [-0.4, -0.2) is 193 Å².